The summed E-state index contributed by atoms with van der Waals surface area (Å²) in [4.78, 5) is 26.4. The Bertz CT molecular complexity index is 837. The Hall–Kier alpha value is -2.89. The number of ether oxygens (including phenoxy) is 1. The SMILES string of the molecule is O=C1O[C@@]2(CCCN(C(=O)Nc3ccc(F)cc3)C2)c2ccccc21. The fourth-order valence-corrected chi connectivity index (χ4v) is 3.58. The molecular formula is C19H17FN2O3. The van der Waals surface area contributed by atoms with Gasteiger partial charge in [-0.2, -0.15) is 0 Å². The number of piperidine rings is 1. The van der Waals surface area contributed by atoms with E-state index in [-0.39, 0.29) is 17.8 Å². The Labute approximate surface area is 144 Å². The molecule has 0 radical (unpaired) electrons. The van der Waals surface area contributed by atoms with Crippen molar-refractivity contribution in [3.8, 4) is 0 Å². The molecule has 25 heavy (non-hydrogen) atoms. The number of anilines is 1. The van der Waals surface area contributed by atoms with E-state index in [1.54, 1.807) is 17.0 Å². The molecule has 2 amide bonds. The number of carbonyl (C=O) groups excluding carboxylic acids is 2. The molecule has 1 N–H and O–H groups in total. The van der Waals surface area contributed by atoms with Crippen LogP contribution < -0.4 is 5.32 Å². The zero-order valence-electron chi connectivity index (χ0n) is 13.5. The lowest BCUT2D eigenvalue weighted by atomic mass is 9.85. The second kappa shape index (κ2) is 5.88. The molecule has 1 saturated heterocycles. The maximum Gasteiger partial charge on any atom is 0.339 e. The summed E-state index contributed by atoms with van der Waals surface area (Å²) in [5.74, 6) is -0.694. The summed E-state index contributed by atoms with van der Waals surface area (Å²) in [5, 5.41) is 2.76. The summed E-state index contributed by atoms with van der Waals surface area (Å²) in [7, 11) is 0. The highest BCUT2D eigenvalue weighted by molar-refractivity contribution is 5.95. The van der Waals surface area contributed by atoms with Gasteiger partial charge in [0.2, 0.25) is 0 Å². The Morgan fingerprint density at radius 2 is 1.92 bits per heavy atom. The van der Waals surface area contributed by atoms with E-state index in [1.807, 2.05) is 12.1 Å². The lowest BCUT2D eigenvalue weighted by molar-refractivity contribution is -0.0400. The number of esters is 1. The van der Waals surface area contributed by atoms with E-state index in [2.05, 4.69) is 5.32 Å². The number of likely N-dealkylation sites (tertiary alicyclic amines) is 1. The standard InChI is InChI=1S/C19H17FN2O3/c20-13-6-8-14(9-7-13)21-18(24)22-11-3-10-19(12-22)16-5-2-1-4-15(16)17(23)25-19/h1-2,4-9H,3,10-12H2,(H,21,24)/t19-/m1/s1. The van der Waals surface area contributed by atoms with Crippen LogP contribution in [-0.2, 0) is 10.3 Å². The number of fused-ring (bicyclic) bond motifs is 2. The van der Waals surface area contributed by atoms with Gasteiger partial charge in [-0.15, -0.1) is 0 Å². The van der Waals surface area contributed by atoms with Crippen LogP contribution in [0.3, 0.4) is 0 Å². The number of nitrogens with zero attached hydrogens (tertiary/aromatic N) is 1. The van der Waals surface area contributed by atoms with Gasteiger partial charge in [0, 0.05) is 17.8 Å². The number of halogens is 1. The van der Waals surface area contributed by atoms with E-state index in [0.717, 1.165) is 12.0 Å². The first kappa shape index (κ1) is 15.6. The third-order valence-electron chi connectivity index (χ3n) is 4.76. The molecule has 4 rings (SSSR count). The molecule has 2 aromatic rings. The van der Waals surface area contributed by atoms with Crippen molar-refractivity contribution in [3.63, 3.8) is 0 Å². The second-order valence-electron chi connectivity index (χ2n) is 6.39. The van der Waals surface area contributed by atoms with E-state index in [4.69, 9.17) is 4.74 Å². The van der Waals surface area contributed by atoms with Crippen molar-refractivity contribution in [1.82, 2.24) is 4.90 Å². The highest BCUT2D eigenvalue weighted by atomic mass is 19.1. The quantitative estimate of drug-likeness (QED) is 0.808. The monoisotopic (exact) mass is 340 g/mol. The molecule has 2 aliphatic heterocycles. The molecule has 2 aromatic carbocycles. The van der Waals surface area contributed by atoms with Crippen LogP contribution in [0.25, 0.3) is 0 Å². The number of rotatable bonds is 1. The van der Waals surface area contributed by atoms with Crippen molar-refractivity contribution >= 4 is 17.7 Å². The summed E-state index contributed by atoms with van der Waals surface area (Å²) < 4.78 is 18.7. The van der Waals surface area contributed by atoms with Gasteiger partial charge in [0.15, 0.2) is 5.60 Å². The van der Waals surface area contributed by atoms with E-state index in [9.17, 15) is 14.0 Å². The zero-order chi connectivity index (χ0) is 17.4. The van der Waals surface area contributed by atoms with Crippen LogP contribution in [0.2, 0.25) is 0 Å². The van der Waals surface area contributed by atoms with Crippen molar-refractivity contribution in [3.05, 3.63) is 65.5 Å². The summed E-state index contributed by atoms with van der Waals surface area (Å²) in [5.41, 5.74) is 1.17. The average Bonchev–Trinajstić information content (AvgIpc) is 2.89. The molecule has 0 unspecified atom stereocenters. The highest BCUT2D eigenvalue weighted by Gasteiger charge is 2.48. The normalized spacial score (nSPS) is 21.8. The van der Waals surface area contributed by atoms with Crippen LogP contribution in [0, 0.1) is 5.82 Å². The van der Waals surface area contributed by atoms with Gasteiger partial charge in [0.05, 0.1) is 12.1 Å². The smallest absolute Gasteiger partial charge is 0.339 e. The predicted molar refractivity (Wildman–Crippen MR) is 89.8 cm³/mol. The van der Waals surface area contributed by atoms with Crippen LogP contribution in [0.4, 0.5) is 14.9 Å². The van der Waals surface area contributed by atoms with Crippen LogP contribution >= 0.6 is 0 Å². The number of hydrogen-bond donors (Lipinski definition) is 1. The van der Waals surface area contributed by atoms with Crippen LogP contribution in [0.5, 0.6) is 0 Å². The number of amides is 2. The predicted octanol–water partition coefficient (Wildman–Crippen LogP) is 3.52. The Morgan fingerprint density at radius 3 is 2.72 bits per heavy atom. The molecule has 0 bridgehead atoms. The molecule has 0 aromatic heterocycles. The molecular weight excluding hydrogens is 323 g/mol. The third-order valence-corrected chi connectivity index (χ3v) is 4.76. The van der Waals surface area contributed by atoms with Crippen molar-refractivity contribution in [1.29, 1.82) is 0 Å². The highest BCUT2D eigenvalue weighted by Crippen LogP contribution is 2.42. The van der Waals surface area contributed by atoms with Gasteiger partial charge < -0.3 is 15.0 Å². The van der Waals surface area contributed by atoms with Gasteiger partial charge >= 0.3 is 12.0 Å². The molecule has 1 atom stereocenters. The fourth-order valence-electron chi connectivity index (χ4n) is 3.58. The molecule has 0 aliphatic carbocycles. The van der Waals surface area contributed by atoms with Crippen LogP contribution in [0.15, 0.2) is 48.5 Å². The Morgan fingerprint density at radius 1 is 1.16 bits per heavy atom. The Kier molecular flexibility index (Phi) is 3.67. The second-order valence-corrected chi connectivity index (χ2v) is 6.39. The molecule has 128 valence electrons. The topological polar surface area (TPSA) is 58.6 Å². The number of urea groups is 1. The summed E-state index contributed by atoms with van der Waals surface area (Å²) in [6.45, 7) is 0.886. The molecule has 6 heteroatoms. The van der Waals surface area contributed by atoms with Crippen molar-refractivity contribution < 1.29 is 18.7 Å². The van der Waals surface area contributed by atoms with Gasteiger partial charge in [-0.25, -0.2) is 14.0 Å². The fraction of sp³-hybridized carbons (Fsp3) is 0.263. The molecule has 2 heterocycles. The van der Waals surface area contributed by atoms with Gasteiger partial charge in [-0.05, 0) is 43.2 Å². The minimum Gasteiger partial charge on any atom is -0.449 e. The van der Waals surface area contributed by atoms with Crippen LogP contribution in [-0.4, -0.2) is 30.0 Å². The molecule has 0 saturated carbocycles. The zero-order valence-corrected chi connectivity index (χ0v) is 13.5. The lowest BCUT2D eigenvalue weighted by Crippen LogP contribution is -2.50. The Balaban J connectivity index is 1.54. The molecule has 2 aliphatic rings. The maximum atomic E-state index is 13.0. The first-order valence-electron chi connectivity index (χ1n) is 8.22. The van der Waals surface area contributed by atoms with Crippen molar-refractivity contribution in [2.75, 3.05) is 18.4 Å². The number of hydrogen-bond acceptors (Lipinski definition) is 3. The maximum absolute atomic E-state index is 13.0. The molecule has 1 spiro atoms. The van der Waals surface area contributed by atoms with Gasteiger partial charge in [0.1, 0.15) is 5.82 Å². The van der Waals surface area contributed by atoms with E-state index in [1.165, 1.54) is 24.3 Å². The molecule has 1 fully saturated rings. The van der Waals surface area contributed by atoms with Crippen molar-refractivity contribution in [2.45, 2.75) is 18.4 Å². The first-order valence-corrected chi connectivity index (χ1v) is 8.22. The summed E-state index contributed by atoms with van der Waals surface area (Å²) >= 11 is 0. The van der Waals surface area contributed by atoms with Crippen molar-refractivity contribution in [2.24, 2.45) is 0 Å². The van der Waals surface area contributed by atoms with Gasteiger partial charge in [-0.1, -0.05) is 18.2 Å². The van der Waals surface area contributed by atoms with E-state index >= 15 is 0 Å². The van der Waals surface area contributed by atoms with Gasteiger partial charge in [-0.3, -0.25) is 0 Å². The largest absolute Gasteiger partial charge is 0.449 e. The number of carbonyl (C=O) groups is 2. The third kappa shape index (κ3) is 2.73. The summed E-state index contributed by atoms with van der Waals surface area (Å²) in [6.07, 6.45) is 1.43. The molecule has 5 nitrogen and oxygen atoms in total. The minimum absolute atomic E-state index is 0.286. The van der Waals surface area contributed by atoms with Crippen LogP contribution in [0.1, 0.15) is 28.8 Å². The number of benzene rings is 2. The lowest BCUT2D eigenvalue weighted by Gasteiger charge is -2.39. The minimum atomic E-state index is -0.772. The van der Waals surface area contributed by atoms with E-state index in [0.29, 0.717) is 30.8 Å². The van der Waals surface area contributed by atoms with E-state index < -0.39 is 5.60 Å². The van der Waals surface area contributed by atoms with Gasteiger partial charge in [0.25, 0.3) is 0 Å². The number of nitrogens with one attached hydrogen (secondary N) is 1. The summed E-state index contributed by atoms with van der Waals surface area (Å²) in [6, 6.07) is 12.7. The first-order chi connectivity index (χ1) is 12.1. The average molecular weight is 340 g/mol.